The fraction of sp³-hybridized carbons (Fsp3) is 0. The lowest BCUT2D eigenvalue weighted by Crippen LogP contribution is -2.15. The third-order valence-electron chi connectivity index (χ3n) is 3.75. The number of hydrogen-bond acceptors (Lipinski definition) is 5. The van der Waals surface area contributed by atoms with Gasteiger partial charge in [0.05, 0.1) is 17.4 Å². The minimum Gasteiger partial charge on any atom is -0.437 e. The maximum absolute atomic E-state index is 12.8. The molecule has 0 fully saturated rings. The van der Waals surface area contributed by atoms with Crippen molar-refractivity contribution >= 4 is 11.6 Å². The van der Waals surface area contributed by atoms with Gasteiger partial charge in [-0.3, -0.25) is 9.78 Å². The Morgan fingerprint density at radius 3 is 2.74 bits per heavy atom. The van der Waals surface area contributed by atoms with Crippen molar-refractivity contribution < 1.29 is 9.53 Å². The Bertz CT molecular complexity index is 1050. The number of carbonyl (C=O) groups excluding carboxylic acids is 1. The number of benzene rings is 2. The molecule has 0 aliphatic heterocycles. The number of para-hydroxylation sites is 1. The van der Waals surface area contributed by atoms with Gasteiger partial charge in [0.1, 0.15) is 5.75 Å². The summed E-state index contributed by atoms with van der Waals surface area (Å²) in [5.74, 6) is 0.691. The van der Waals surface area contributed by atoms with Gasteiger partial charge >= 0.3 is 0 Å². The molecule has 0 saturated heterocycles. The largest absolute Gasteiger partial charge is 0.437 e. The number of nitrogens with one attached hydrogen (secondary N) is 1. The van der Waals surface area contributed by atoms with E-state index in [1.165, 1.54) is 6.20 Å². The lowest BCUT2D eigenvalue weighted by atomic mass is 10.1. The minimum atomic E-state index is -0.238. The number of aromatic nitrogens is 4. The molecule has 2 aromatic heterocycles. The quantitative estimate of drug-likeness (QED) is 0.589. The summed E-state index contributed by atoms with van der Waals surface area (Å²) in [4.78, 5) is 20.8. The van der Waals surface area contributed by atoms with Crippen LogP contribution in [-0.2, 0) is 0 Å². The van der Waals surface area contributed by atoms with E-state index in [9.17, 15) is 4.79 Å². The predicted molar refractivity (Wildman–Crippen MR) is 100 cm³/mol. The molecular weight excluding hydrogens is 342 g/mol. The maximum atomic E-state index is 12.8. The summed E-state index contributed by atoms with van der Waals surface area (Å²) >= 11 is 0. The number of carbonyl (C=O) groups is 1. The first kappa shape index (κ1) is 16.5. The average Bonchev–Trinajstić information content (AvgIpc) is 3.24. The summed E-state index contributed by atoms with van der Waals surface area (Å²) in [5.41, 5.74) is 1.82. The smallest absolute Gasteiger partial charge is 0.257 e. The van der Waals surface area contributed by atoms with Crippen molar-refractivity contribution in [3.8, 4) is 17.3 Å². The molecule has 1 amide bonds. The van der Waals surface area contributed by atoms with Crippen LogP contribution >= 0.6 is 0 Å². The molecule has 0 aliphatic carbocycles. The topological polar surface area (TPSA) is 81.9 Å². The predicted octanol–water partition coefficient (Wildman–Crippen LogP) is 3.71. The highest BCUT2D eigenvalue weighted by atomic mass is 16.5. The molecule has 0 unspecified atom stereocenters. The maximum Gasteiger partial charge on any atom is 0.257 e. The minimum absolute atomic E-state index is 0.238. The number of hydrogen-bond donors (Lipinski definition) is 1. The molecule has 4 rings (SSSR count). The number of nitrogens with zero attached hydrogens (tertiary/aromatic N) is 4. The van der Waals surface area contributed by atoms with Crippen molar-refractivity contribution in [2.45, 2.75) is 0 Å². The van der Waals surface area contributed by atoms with Gasteiger partial charge in [0.2, 0.25) is 5.88 Å². The van der Waals surface area contributed by atoms with Gasteiger partial charge in [-0.25, -0.2) is 9.67 Å². The number of anilines is 1. The molecule has 4 aromatic rings. The molecule has 0 aliphatic rings. The van der Waals surface area contributed by atoms with Crippen LogP contribution in [0.4, 0.5) is 5.69 Å². The monoisotopic (exact) mass is 357 g/mol. The first-order chi connectivity index (χ1) is 13.3. The molecule has 0 saturated carbocycles. The van der Waals surface area contributed by atoms with Gasteiger partial charge in [-0.1, -0.05) is 18.2 Å². The second-order valence-corrected chi connectivity index (χ2v) is 5.60. The molecule has 0 bridgehead atoms. The molecule has 2 aromatic carbocycles. The molecule has 7 nitrogen and oxygen atoms in total. The van der Waals surface area contributed by atoms with Gasteiger partial charge in [-0.15, -0.1) is 0 Å². The summed E-state index contributed by atoms with van der Waals surface area (Å²) in [6.45, 7) is 0. The molecule has 1 N–H and O–H groups in total. The molecule has 27 heavy (non-hydrogen) atoms. The van der Waals surface area contributed by atoms with Crippen LogP contribution in [-0.4, -0.2) is 25.7 Å². The van der Waals surface area contributed by atoms with E-state index in [2.05, 4.69) is 20.4 Å². The van der Waals surface area contributed by atoms with Crippen molar-refractivity contribution in [1.82, 2.24) is 19.7 Å². The van der Waals surface area contributed by atoms with Crippen LogP contribution in [0.1, 0.15) is 10.4 Å². The van der Waals surface area contributed by atoms with E-state index in [-0.39, 0.29) is 5.91 Å². The van der Waals surface area contributed by atoms with Gasteiger partial charge in [-0.2, -0.15) is 5.10 Å². The third kappa shape index (κ3) is 3.82. The van der Waals surface area contributed by atoms with Gasteiger partial charge in [-0.05, 0) is 30.3 Å². The summed E-state index contributed by atoms with van der Waals surface area (Å²) in [7, 11) is 0. The van der Waals surface area contributed by atoms with Crippen molar-refractivity contribution in [3.05, 3.63) is 91.1 Å². The lowest BCUT2D eigenvalue weighted by Gasteiger charge is -2.11. The average molecular weight is 357 g/mol. The third-order valence-corrected chi connectivity index (χ3v) is 3.75. The molecule has 0 radical (unpaired) electrons. The molecule has 0 atom stereocenters. The summed E-state index contributed by atoms with van der Waals surface area (Å²) in [6, 6.07) is 16.2. The second kappa shape index (κ2) is 7.49. The first-order valence-corrected chi connectivity index (χ1v) is 8.24. The van der Waals surface area contributed by atoms with Gasteiger partial charge < -0.3 is 10.1 Å². The molecule has 7 heteroatoms. The van der Waals surface area contributed by atoms with Gasteiger partial charge in [0.15, 0.2) is 0 Å². The van der Waals surface area contributed by atoms with Crippen molar-refractivity contribution in [2.24, 2.45) is 0 Å². The van der Waals surface area contributed by atoms with E-state index in [0.717, 1.165) is 0 Å². The Morgan fingerprint density at radius 1 is 1.00 bits per heavy atom. The number of ether oxygens (including phenoxy) is 1. The zero-order chi connectivity index (χ0) is 18.5. The summed E-state index contributed by atoms with van der Waals surface area (Å²) in [5, 5.41) is 7.09. The SMILES string of the molecule is O=C(Nc1cccc(Oc2cnccn2)c1)c1ccccc1-n1cccn1. The van der Waals surface area contributed by atoms with Crippen LogP contribution in [0.5, 0.6) is 11.6 Å². The van der Waals surface area contributed by atoms with Crippen molar-refractivity contribution in [1.29, 1.82) is 0 Å². The van der Waals surface area contributed by atoms with Crippen LogP contribution in [0.15, 0.2) is 85.6 Å². The number of rotatable bonds is 5. The summed E-state index contributed by atoms with van der Waals surface area (Å²) in [6.07, 6.45) is 8.10. The Morgan fingerprint density at radius 2 is 1.93 bits per heavy atom. The second-order valence-electron chi connectivity index (χ2n) is 5.60. The summed E-state index contributed by atoms with van der Waals surface area (Å²) < 4.78 is 7.31. The lowest BCUT2D eigenvalue weighted by molar-refractivity contribution is 0.102. The molecular formula is C20H15N5O2. The van der Waals surface area contributed by atoms with Crippen LogP contribution in [0.25, 0.3) is 5.69 Å². The Kier molecular flexibility index (Phi) is 4.57. The molecule has 2 heterocycles. The van der Waals surface area contributed by atoms with Gasteiger partial charge in [0, 0.05) is 36.5 Å². The van der Waals surface area contributed by atoms with E-state index in [1.54, 1.807) is 59.8 Å². The van der Waals surface area contributed by atoms with E-state index in [0.29, 0.717) is 28.6 Å². The van der Waals surface area contributed by atoms with E-state index >= 15 is 0 Å². The van der Waals surface area contributed by atoms with Gasteiger partial charge in [0.25, 0.3) is 5.91 Å². The highest BCUT2D eigenvalue weighted by Crippen LogP contribution is 2.23. The van der Waals surface area contributed by atoms with E-state index < -0.39 is 0 Å². The zero-order valence-corrected chi connectivity index (χ0v) is 14.2. The fourth-order valence-electron chi connectivity index (χ4n) is 2.57. The Hall–Kier alpha value is -4.00. The standard InChI is InChI=1S/C20H15N5O2/c26-20(17-7-1-2-8-18(17)25-12-4-9-23-25)24-15-5-3-6-16(13-15)27-19-14-21-10-11-22-19/h1-14H,(H,24,26). The van der Waals surface area contributed by atoms with Crippen LogP contribution in [0.2, 0.25) is 0 Å². The normalized spacial score (nSPS) is 10.4. The highest BCUT2D eigenvalue weighted by molar-refractivity contribution is 6.06. The van der Waals surface area contributed by atoms with Crippen molar-refractivity contribution in [3.63, 3.8) is 0 Å². The number of amides is 1. The van der Waals surface area contributed by atoms with Crippen molar-refractivity contribution in [2.75, 3.05) is 5.32 Å². The molecule has 0 spiro atoms. The van der Waals surface area contributed by atoms with E-state index in [1.807, 2.05) is 24.3 Å². The molecule has 132 valence electrons. The Balaban J connectivity index is 1.55. The zero-order valence-electron chi connectivity index (χ0n) is 14.2. The highest BCUT2D eigenvalue weighted by Gasteiger charge is 2.13. The van der Waals surface area contributed by atoms with Crippen LogP contribution in [0, 0.1) is 0 Å². The van der Waals surface area contributed by atoms with Crippen LogP contribution < -0.4 is 10.1 Å². The fourth-order valence-corrected chi connectivity index (χ4v) is 2.57. The van der Waals surface area contributed by atoms with Crippen LogP contribution in [0.3, 0.4) is 0 Å². The van der Waals surface area contributed by atoms with E-state index in [4.69, 9.17) is 4.74 Å². The first-order valence-electron chi connectivity index (χ1n) is 8.24. The Labute approximate surface area is 155 Å².